The molecule has 0 saturated carbocycles. The zero-order chi connectivity index (χ0) is 21.8. The number of amides is 1. The number of carbonyl (C=O) groups is 1. The number of para-hydroxylation sites is 1. The Morgan fingerprint density at radius 2 is 1.55 bits per heavy atom. The fourth-order valence-electron chi connectivity index (χ4n) is 5.12. The summed E-state index contributed by atoms with van der Waals surface area (Å²) in [5.74, 6) is -0.208. The summed E-state index contributed by atoms with van der Waals surface area (Å²) < 4.78 is 26.6. The summed E-state index contributed by atoms with van der Waals surface area (Å²) in [5, 5.41) is 3.26. The first-order valence-corrected chi connectivity index (χ1v) is 13.5. The lowest BCUT2D eigenvalue weighted by atomic mass is 9.98. The molecule has 0 aromatic heterocycles. The first-order chi connectivity index (χ1) is 15.0. The maximum absolute atomic E-state index is 13.4. The molecule has 1 N–H and O–H groups in total. The predicted octanol–water partition coefficient (Wildman–Crippen LogP) is 3.28. The van der Waals surface area contributed by atoms with Crippen LogP contribution in [-0.2, 0) is 14.8 Å². The minimum absolute atomic E-state index is 0.0523. The summed E-state index contributed by atoms with van der Waals surface area (Å²) >= 11 is 0. The standard InChI is InChI=1S/C23H36N4O3S/c1-2-17-31(29,30)27-16-8-9-19(18-27)23(28)24-22-20(25-12-3-4-13-25)10-7-11-21(22)26-14-5-6-15-26/h7,10-11,19H,2-6,8-9,12-18H2,1H3,(H,24,28). The maximum atomic E-state index is 13.4. The molecule has 3 fully saturated rings. The molecule has 3 heterocycles. The highest BCUT2D eigenvalue weighted by Crippen LogP contribution is 2.39. The molecule has 1 aromatic carbocycles. The van der Waals surface area contributed by atoms with Crippen molar-refractivity contribution in [2.24, 2.45) is 5.92 Å². The average Bonchev–Trinajstić information content (AvgIpc) is 3.48. The van der Waals surface area contributed by atoms with Crippen LogP contribution in [-0.4, -0.2) is 63.7 Å². The van der Waals surface area contributed by atoms with E-state index in [1.54, 1.807) is 0 Å². The molecule has 8 heteroatoms. The quantitative estimate of drug-likeness (QED) is 0.693. The summed E-state index contributed by atoms with van der Waals surface area (Å²) in [6.45, 7) is 6.74. The number of benzene rings is 1. The highest BCUT2D eigenvalue weighted by Gasteiger charge is 2.33. The second kappa shape index (κ2) is 9.77. The van der Waals surface area contributed by atoms with E-state index < -0.39 is 10.0 Å². The van der Waals surface area contributed by atoms with Gasteiger partial charge in [0.15, 0.2) is 0 Å². The number of hydrogen-bond donors (Lipinski definition) is 1. The summed E-state index contributed by atoms with van der Waals surface area (Å²) in [4.78, 5) is 18.1. The average molecular weight is 449 g/mol. The van der Waals surface area contributed by atoms with Crippen LogP contribution in [0, 0.1) is 5.92 Å². The number of carbonyl (C=O) groups excluding carboxylic acids is 1. The highest BCUT2D eigenvalue weighted by atomic mass is 32.2. The van der Waals surface area contributed by atoms with Gasteiger partial charge in [0.1, 0.15) is 0 Å². The van der Waals surface area contributed by atoms with E-state index >= 15 is 0 Å². The molecule has 3 aliphatic rings. The highest BCUT2D eigenvalue weighted by molar-refractivity contribution is 7.89. The van der Waals surface area contributed by atoms with E-state index in [2.05, 4.69) is 33.3 Å². The van der Waals surface area contributed by atoms with Crippen molar-refractivity contribution in [1.82, 2.24) is 4.31 Å². The van der Waals surface area contributed by atoms with Crippen molar-refractivity contribution in [1.29, 1.82) is 0 Å². The SMILES string of the molecule is CCCS(=O)(=O)N1CCCC(C(=O)Nc2c(N3CCCC3)cccc2N2CCCC2)C1. The molecular formula is C23H36N4O3S. The van der Waals surface area contributed by atoms with Gasteiger partial charge >= 0.3 is 0 Å². The normalized spacial score (nSPS) is 22.8. The Balaban J connectivity index is 1.56. The third-order valence-electron chi connectivity index (χ3n) is 6.77. The van der Waals surface area contributed by atoms with E-state index in [9.17, 15) is 13.2 Å². The van der Waals surface area contributed by atoms with E-state index in [-0.39, 0.29) is 17.6 Å². The molecule has 0 aliphatic carbocycles. The van der Waals surface area contributed by atoms with Crippen LogP contribution in [0.4, 0.5) is 17.1 Å². The van der Waals surface area contributed by atoms with Gasteiger partial charge in [0, 0.05) is 39.3 Å². The summed E-state index contributed by atoms with van der Waals surface area (Å²) in [6, 6.07) is 6.31. The number of rotatable bonds is 7. The lowest BCUT2D eigenvalue weighted by Gasteiger charge is -2.32. The lowest BCUT2D eigenvalue weighted by Crippen LogP contribution is -2.44. The van der Waals surface area contributed by atoms with Gasteiger partial charge in [-0.05, 0) is 57.1 Å². The van der Waals surface area contributed by atoms with Gasteiger partial charge in [0.25, 0.3) is 0 Å². The van der Waals surface area contributed by atoms with Gasteiger partial charge in [0.05, 0.1) is 28.7 Å². The molecule has 4 rings (SSSR count). The Kier molecular flexibility index (Phi) is 7.06. The zero-order valence-corrected chi connectivity index (χ0v) is 19.5. The second-order valence-electron chi connectivity index (χ2n) is 9.06. The topological polar surface area (TPSA) is 73.0 Å². The molecule has 1 amide bonds. The Hall–Kier alpha value is -1.80. The molecule has 7 nitrogen and oxygen atoms in total. The number of hydrogen-bond acceptors (Lipinski definition) is 5. The first-order valence-electron chi connectivity index (χ1n) is 11.9. The molecule has 172 valence electrons. The number of anilines is 3. The molecule has 0 bridgehead atoms. The van der Waals surface area contributed by atoms with E-state index in [0.717, 1.165) is 56.1 Å². The lowest BCUT2D eigenvalue weighted by molar-refractivity contribution is -0.120. The number of piperidine rings is 1. The van der Waals surface area contributed by atoms with Crippen LogP contribution in [0.5, 0.6) is 0 Å². The molecular weight excluding hydrogens is 412 g/mol. The van der Waals surface area contributed by atoms with Crippen molar-refractivity contribution in [3.8, 4) is 0 Å². The monoisotopic (exact) mass is 448 g/mol. The molecule has 1 atom stereocenters. The van der Waals surface area contributed by atoms with E-state index in [4.69, 9.17) is 0 Å². The fraction of sp³-hybridized carbons (Fsp3) is 0.696. The van der Waals surface area contributed by atoms with Crippen molar-refractivity contribution in [3.63, 3.8) is 0 Å². The van der Waals surface area contributed by atoms with Crippen LogP contribution in [0.25, 0.3) is 0 Å². The van der Waals surface area contributed by atoms with Crippen molar-refractivity contribution in [2.75, 3.05) is 60.1 Å². The van der Waals surface area contributed by atoms with Crippen molar-refractivity contribution in [2.45, 2.75) is 51.9 Å². The Bertz CT molecular complexity index is 843. The van der Waals surface area contributed by atoms with Crippen molar-refractivity contribution < 1.29 is 13.2 Å². The van der Waals surface area contributed by atoms with Crippen LogP contribution in [0.15, 0.2) is 18.2 Å². The van der Waals surface area contributed by atoms with Gasteiger partial charge in [-0.15, -0.1) is 0 Å². The predicted molar refractivity (Wildman–Crippen MR) is 126 cm³/mol. The molecule has 3 saturated heterocycles. The van der Waals surface area contributed by atoms with E-state index in [1.165, 1.54) is 30.0 Å². The van der Waals surface area contributed by atoms with E-state index in [1.807, 2.05) is 6.92 Å². The maximum Gasteiger partial charge on any atom is 0.228 e. The molecule has 1 aromatic rings. The molecule has 0 spiro atoms. The smallest absolute Gasteiger partial charge is 0.228 e. The fourth-order valence-corrected chi connectivity index (χ4v) is 6.71. The largest absolute Gasteiger partial charge is 0.370 e. The molecule has 1 unspecified atom stereocenters. The minimum atomic E-state index is -3.28. The Labute approximate surface area is 186 Å². The summed E-state index contributed by atoms with van der Waals surface area (Å²) in [7, 11) is -3.28. The van der Waals surface area contributed by atoms with Gasteiger partial charge in [-0.1, -0.05) is 13.0 Å². The van der Waals surface area contributed by atoms with Crippen molar-refractivity contribution >= 4 is 33.0 Å². The second-order valence-corrected chi connectivity index (χ2v) is 11.2. The van der Waals surface area contributed by atoms with Crippen LogP contribution in [0.1, 0.15) is 51.9 Å². The van der Waals surface area contributed by atoms with E-state index in [0.29, 0.717) is 19.5 Å². The summed E-state index contributed by atoms with van der Waals surface area (Å²) in [5.41, 5.74) is 3.10. The van der Waals surface area contributed by atoms with Gasteiger partial charge in [-0.25, -0.2) is 12.7 Å². The molecule has 3 aliphatic heterocycles. The van der Waals surface area contributed by atoms with Gasteiger partial charge < -0.3 is 15.1 Å². The first kappa shape index (κ1) is 22.4. The Morgan fingerprint density at radius 3 is 2.10 bits per heavy atom. The van der Waals surface area contributed by atoms with Gasteiger partial charge in [0.2, 0.25) is 15.9 Å². The number of nitrogens with zero attached hydrogens (tertiary/aromatic N) is 3. The number of sulfonamides is 1. The summed E-state index contributed by atoms with van der Waals surface area (Å²) in [6.07, 6.45) is 6.76. The third kappa shape index (κ3) is 5.00. The van der Waals surface area contributed by atoms with Crippen LogP contribution in [0.2, 0.25) is 0 Å². The molecule has 0 radical (unpaired) electrons. The third-order valence-corrected chi connectivity index (χ3v) is 8.82. The minimum Gasteiger partial charge on any atom is -0.370 e. The van der Waals surface area contributed by atoms with Gasteiger partial charge in [-0.3, -0.25) is 4.79 Å². The molecule has 31 heavy (non-hydrogen) atoms. The van der Waals surface area contributed by atoms with Gasteiger partial charge in [-0.2, -0.15) is 0 Å². The van der Waals surface area contributed by atoms with Crippen molar-refractivity contribution in [3.05, 3.63) is 18.2 Å². The zero-order valence-electron chi connectivity index (χ0n) is 18.7. The van der Waals surface area contributed by atoms with Crippen LogP contribution >= 0.6 is 0 Å². The van der Waals surface area contributed by atoms with Crippen LogP contribution < -0.4 is 15.1 Å². The number of nitrogens with one attached hydrogen (secondary N) is 1. The Morgan fingerprint density at radius 1 is 0.968 bits per heavy atom. The van der Waals surface area contributed by atoms with Crippen LogP contribution in [0.3, 0.4) is 0 Å².